The second kappa shape index (κ2) is 7.63. The van der Waals surface area contributed by atoms with Crippen LogP contribution in [0, 0.1) is 22.7 Å². The maximum Gasteiger partial charge on any atom is 0.321 e. The van der Waals surface area contributed by atoms with Gasteiger partial charge in [-0.3, -0.25) is 20.2 Å². The first-order valence-corrected chi connectivity index (χ1v) is 8.95. The van der Waals surface area contributed by atoms with Gasteiger partial charge < -0.3 is 10.6 Å². The topological polar surface area (TPSA) is 116 Å². The molecule has 0 aromatic carbocycles. The van der Waals surface area contributed by atoms with Crippen molar-refractivity contribution in [1.29, 1.82) is 0 Å². The predicted molar refractivity (Wildman–Crippen MR) is 98.2 cm³/mol. The fraction of sp³-hybridized carbons (Fsp3) is 0.778. The standard InChI is InChI=1S/2C9H16N2O2/c2*1-5(2)6-9(3,4)7(12)11-8(13)10-6/h2*5-6H,1-4H3,(H2,10,11,12,13). The van der Waals surface area contributed by atoms with Crippen LogP contribution in [-0.2, 0) is 9.59 Å². The van der Waals surface area contributed by atoms with Crippen LogP contribution >= 0.6 is 0 Å². The van der Waals surface area contributed by atoms with Gasteiger partial charge in [-0.15, -0.1) is 0 Å². The molecule has 2 saturated heterocycles. The Labute approximate surface area is 155 Å². The van der Waals surface area contributed by atoms with Crippen LogP contribution in [0.15, 0.2) is 0 Å². The van der Waals surface area contributed by atoms with Crippen molar-refractivity contribution in [3.05, 3.63) is 0 Å². The molecule has 148 valence electrons. The van der Waals surface area contributed by atoms with Crippen molar-refractivity contribution in [1.82, 2.24) is 21.3 Å². The molecule has 0 bridgehead atoms. The van der Waals surface area contributed by atoms with Crippen molar-refractivity contribution < 1.29 is 19.2 Å². The molecule has 0 spiro atoms. The van der Waals surface area contributed by atoms with E-state index in [4.69, 9.17) is 0 Å². The van der Waals surface area contributed by atoms with E-state index in [1.54, 1.807) is 0 Å². The van der Waals surface area contributed by atoms with Crippen LogP contribution in [0.3, 0.4) is 0 Å². The molecule has 2 rings (SSSR count). The Balaban J connectivity index is 0.000000260. The Morgan fingerprint density at radius 3 is 1.15 bits per heavy atom. The lowest BCUT2D eigenvalue weighted by atomic mass is 9.76. The summed E-state index contributed by atoms with van der Waals surface area (Å²) in [6.45, 7) is 15.3. The second-order valence-corrected chi connectivity index (χ2v) is 8.74. The number of nitrogens with one attached hydrogen (secondary N) is 4. The van der Waals surface area contributed by atoms with Crippen molar-refractivity contribution >= 4 is 23.9 Å². The first-order valence-electron chi connectivity index (χ1n) is 8.95. The molecule has 2 unspecified atom stereocenters. The number of rotatable bonds is 2. The molecule has 0 aromatic heterocycles. The summed E-state index contributed by atoms with van der Waals surface area (Å²) in [6, 6.07) is -0.950. The molecule has 0 saturated carbocycles. The molecule has 8 nitrogen and oxygen atoms in total. The lowest BCUT2D eigenvalue weighted by Gasteiger charge is -2.39. The van der Waals surface area contributed by atoms with Gasteiger partial charge in [-0.25, -0.2) is 9.59 Å². The van der Waals surface area contributed by atoms with E-state index in [2.05, 4.69) is 21.3 Å². The first kappa shape index (κ1) is 21.9. The molecule has 26 heavy (non-hydrogen) atoms. The molecule has 8 heteroatoms. The molecule has 2 fully saturated rings. The molecule has 2 aliphatic heterocycles. The number of imide groups is 2. The van der Waals surface area contributed by atoms with Crippen LogP contribution in [0.4, 0.5) is 9.59 Å². The highest BCUT2D eigenvalue weighted by atomic mass is 16.2. The van der Waals surface area contributed by atoms with Crippen molar-refractivity contribution in [3.63, 3.8) is 0 Å². The summed E-state index contributed by atoms with van der Waals surface area (Å²) in [5.74, 6) is 0.111. The van der Waals surface area contributed by atoms with Gasteiger partial charge in [-0.05, 0) is 39.5 Å². The molecule has 4 N–H and O–H groups in total. The van der Waals surface area contributed by atoms with Crippen molar-refractivity contribution in [2.45, 2.75) is 67.5 Å². The highest BCUT2D eigenvalue weighted by molar-refractivity contribution is 6.00. The Kier molecular flexibility index (Phi) is 6.44. The number of carbonyl (C=O) groups excluding carboxylic acids is 4. The lowest BCUT2D eigenvalue weighted by molar-refractivity contribution is -0.132. The zero-order valence-electron chi connectivity index (χ0n) is 16.9. The highest BCUT2D eigenvalue weighted by Gasteiger charge is 2.44. The van der Waals surface area contributed by atoms with Gasteiger partial charge in [-0.1, -0.05) is 27.7 Å². The molecule has 0 aliphatic carbocycles. The van der Waals surface area contributed by atoms with Crippen LogP contribution < -0.4 is 21.3 Å². The average Bonchev–Trinajstić information content (AvgIpc) is 2.47. The van der Waals surface area contributed by atoms with E-state index < -0.39 is 10.8 Å². The lowest BCUT2D eigenvalue weighted by Crippen LogP contribution is -2.64. The SMILES string of the molecule is CC(C)C1NC(=O)NC(=O)C1(C)C.CC(C)C1NC(=O)NC(=O)C1(C)C. The zero-order chi connectivity index (χ0) is 20.4. The summed E-state index contributed by atoms with van der Waals surface area (Å²) in [5.41, 5.74) is -1.05. The Bertz CT molecular complexity index is 544. The van der Waals surface area contributed by atoms with E-state index in [0.29, 0.717) is 0 Å². The third kappa shape index (κ3) is 4.53. The Morgan fingerprint density at radius 2 is 0.923 bits per heavy atom. The molecule has 0 aromatic rings. The molecular formula is C18H32N4O4. The van der Waals surface area contributed by atoms with Gasteiger partial charge in [0.1, 0.15) is 0 Å². The van der Waals surface area contributed by atoms with Crippen molar-refractivity contribution in [2.75, 3.05) is 0 Å². The minimum Gasteiger partial charge on any atom is -0.334 e. The number of amides is 6. The predicted octanol–water partition coefficient (Wildman–Crippen LogP) is 1.75. The van der Waals surface area contributed by atoms with Gasteiger partial charge in [0.05, 0.1) is 10.8 Å². The van der Waals surface area contributed by atoms with E-state index in [1.807, 2.05) is 55.4 Å². The Hall–Kier alpha value is -2.12. The quantitative estimate of drug-likeness (QED) is 0.594. The fourth-order valence-corrected chi connectivity index (χ4v) is 3.53. The fourth-order valence-electron chi connectivity index (χ4n) is 3.53. The number of urea groups is 2. The van der Waals surface area contributed by atoms with E-state index in [1.165, 1.54) is 0 Å². The number of hydrogen-bond donors (Lipinski definition) is 4. The summed E-state index contributed by atoms with van der Waals surface area (Å²) in [4.78, 5) is 45.0. The van der Waals surface area contributed by atoms with Gasteiger partial charge in [0, 0.05) is 12.1 Å². The normalized spacial score (nSPS) is 27.0. The molecule has 2 atom stereocenters. The third-order valence-corrected chi connectivity index (χ3v) is 5.09. The monoisotopic (exact) mass is 368 g/mol. The average molecular weight is 368 g/mol. The van der Waals surface area contributed by atoms with Gasteiger partial charge in [0.25, 0.3) is 0 Å². The van der Waals surface area contributed by atoms with E-state index in [-0.39, 0.29) is 47.8 Å². The molecule has 0 radical (unpaired) electrons. The smallest absolute Gasteiger partial charge is 0.321 e. The summed E-state index contributed by atoms with van der Waals surface area (Å²) in [6.07, 6.45) is 0. The van der Waals surface area contributed by atoms with Gasteiger partial charge in [0.2, 0.25) is 11.8 Å². The summed E-state index contributed by atoms with van der Waals surface area (Å²) in [7, 11) is 0. The third-order valence-electron chi connectivity index (χ3n) is 5.09. The maximum atomic E-state index is 11.5. The van der Waals surface area contributed by atoms with Crippen molar-refractivity contribution in [2.24, 2.45) is 22.7 Å². The van der Waals surface area contributed by atoms with Crippen molar-refractivity contribution in [3.8, 4) is 0 Å². The maximum absolute atomic E-state index is 11.5. The van der Waals surface area contributed by atoms with Crippen LogP contribution in [0.1, 0.15) is 55.4 Å². The highest BCUT2D eigenvalue weighted by Crippen LogP contribution is 2.29. The van der Waals surface area contributed by atoms with Gasteiger partial charge >= 0.3 is 12.1 Å². The zero-order valence-corrected chi connectivity index (χ0v) is 16.9. The number of hydrogen-bond acceptors (Lipinski definition) is 4. The first-order chi connectivity index (χ1) is 11.7. The molecule has 6 amide bonds. The van der Waals surface area contributed by atoms with Crippen LogP contribution in [0.5, 0.6) is 0 Å². The van der Waals surface area contributed by atoms with E-state index in [0.717, 1.165) is 0 Å². The van der Waals surface area contributed by atoms with Gasteiger partial charge in [0.15, 0.2) is 0 Å². The van der Waals surface area contributed by atoms with Gasteiger partial charge in [-0.2, -0.15) is 0 Å². The summed E-state index contributed by atoms with van der Waals surface area (Å²) < 4.78 is 0. The summed E-state index contributed by atoms with van der Waals surface area (Å²) in [5, 5.41) is 10.1. The Morgan fingerprint density at radius 1 is 0.654 bits per heavy atom. The minimum atomic E-state index is -0.526. The molecule has 2 aliphatic rings. The van der Waals surface area contributed by atoms with E-state index in [9.17, 15) is 19.2 Å². The van der Waals surface area contributed by atoms with Crippen LogP contribution in [0.25, 0.3) is 0 Å². The number of carbonyl (C=O) groups is 4. The largest absolute Gasteiger partial charge is 0.334 e. The van der Waals surface area contributed by atoms with E-state index >= 15 is 0 Å². The molecule has 2 heterocycles. The van der Waals surface area contributed by atoms with Crippen LogP contribution in [-0.4, -0.2) is 36.0 Å². The second-order valence-electron chi connectivity index (χ2n) is 8.74. The van der Waals surface area contributed by atoms with Crippen LogP contribution in [0.2, 0.25) is 0 Å². The minimum absolute atomic E-state index is 0.0891. The summed E-state index contributed by atoms with van der Waals surface area (Å²) >= 11 is 0. The molecular weight excluding hydrogens is 336 g/mol.